The molecule has 0 bridgehead atoms. The third-order valence-electron chi connectivity index (χ3n) is 4.93. The first kappa shape index (κ1) is 18.0. The van der Waals surface area contributed by atoms with Gasteiger partial charge >= 0.3 is 0 Å². The summed E-state index contributed by atoms with van der Waals surface area (Å²) >= 11 is 0. The van der Waals surface area contributed by atoms with Gasteiger partial charge in [0.2, 0.25) is 12.7 Å². The average Bonchev–Trinajstić information content (AvgIpc) is 3.26. The van der Waals surface area contributed by atoms with Crippen molar-refractivity contribution in [3.8, 4) is 11.5 Å². The van der Waals surface area contributed by atoms with Crippen LogP contribution in [0.3, 0.4) is 0 Å². The van der Waals surface area contributed by atoms with Gasteiger partial charge < -0.3 is 14.4 Å². The van der Waals surface area contributed by atoms with Crippen LogP contribution in [0.1, 0.15) is 39.1 Å². The molecule has 2 aliphatic rings. The summed E-state index contributed by atoms with van der Waals surface area (Å²) in [6.45, 7) is 0.893. The number of imide groups is 1. The maximum absolute atomic E-state index is 12.4. The third-order valence-corrected chi connectivity index (χ3v) is 4.93. The lowest BCUT2D eigenvalue weighted by molar-refractivity contribution is -0.130. The quantitative estimate of drug-likeness (QED) is 0.720. The zero-order valence-electron chi connectivity index (χ0n) is 15.5. The molecule has 0 aromatic heterocycles. The van der Waals surface area contributed by atoms with Crippen molar-refractivity contribution in [3.63, 3.8) is 0 Å². The highest BCUT2D eigenvalue weighted by Gasteiger charge is 2.34. The van der Waals surface area contributed by atoms with Gasteiger partial charge in [0.1, 0.15) is 0 Å². The minimum atomic E-state index is -0.290. The van der Waals surface area contributed by atoms with E-state index >= 15 is 0 Å². The molecule has 0 aliphatic carbocycles. The number of hydrogen-bond donors (Lipinski definition) is 0. The van der Waals surface area contributed by atoms with E-state index in [9.17, 15) is 14.4 Å². The molecule has 0 unspecified atom stereocenters. The van der Waals surface area contributed by atoms with Crippen molar-refractivity contribution < 1.29 is 23.9 Å². The normalized spacial score (nSPS) is 14.4. The van der Waals surface area contributed by atoms with Crippen LogP contribution >= 0.6 is 0 Å². The van der Waals surface area contributed by atoms with Crippen LogP contribution in [0.4, 0.5) is 0 Å². The zero-order valence-corrected chi connectivity index (χ0v) is 15.5. The van der Waals surface area contributed by atoms with Crippen molar-refractivity contribution in [1.82, 2.24) is 9.80 Å². The summed E-state index contributed by atoms with van der Waals surface area (Å²) in [6.07, 6.45) is 0.685. The minimum Gasteiger partial charge on any atom is -0.454 e. The number of carbonyl (C=O) groups is 3. The SMILES string of the molecule is CN(Cc1ccc2c(c1)OCO2)C(=O)CCCN1C(=O)c2ccccc2C1=O. The highest BCUT2D eigenvalue weighted by atomic mass is 16.7. The molecule has 2 aromatic carbocycles. The van der Waals surface area contributed by atoms with Crippen molar-refractivity contribution in [2.75, 3.05) is 20.4 Å². The molecule has 7 heteroatoms. The Hall–Kier alpha value is -3.35. The van der Waals surface area contributed by atoms with Gasteiger partial charge in [-0.1, -0.05) is 18.2 Å². The van der Waals surface area contributed by atoms with Crippen LogP contribution in [0.2, 0.25) is 0 Å². The number of hydrogen-bond acceptors (Lipinski definition) is 5. The Morgan fingerprint density at radius 1 is 1.04 bits per heavy atom. The van der Waals surface area contributed by atoms with Gasteiger partial charge in [-0.2, -0.15) is 0 Å². The summed E-state index contributed by atoms with van der Waals surface area (Å²) in [7, 11) is 1.73. The second-order valence-corrected chi connectivity index (χ2v) is 6.85. The fourth-order valence-corrected chi connectivity index (χ4v) is 3.42. The standard InChI is InChI=1S/C21H20N2O5/c1-22(12-14-8-9-17-18(11-14)28-13-27-17)19(24)7-4-10-23-20(25)15-5-2-3-6-16(15)21(23)26/h2-3,5-6,8-9,11H,4,7,10,12-13H2,1H3. The molecule has 0 saturated carbocycles. The van der Waals surface area contributed by atoms with Gasteiger partial charge in [0, 0.05) is 26.6 Å². The summed E-state index contributed by atoms with van der Waals surface area (Å²) < 4.78 is 10.6. The Labute approximate surface area is 162 Å². The van der Waals surface area contributed by atoms with Crippen molar-refractivity contribution >= 4 is 17.7 Å². The van der Waals surface area contributed by atoms with E-state index in [0.29, 0.717) is 35.6 Å². The van der Waals surface area contributed by atoms with Crippen LogP contribution < -0.4 is 9.47 Å². The molecule has 3 amide bonds. The number of amides is 3. The number of benzene rings is 2. The molecule has 7 nitrogen and oxygen atoms in total. The predicted molar refractivity (Wildman–Crippen MR) is 100 cm³/mol. The van der Waals surface area contributed by atoms with E-state index in [1.165, 1.54) is 4.90 Å². The minimum absolute atomic E-state index is 0.0470. The largest absolute Gasteiger partial charge is 0.454 e. The van der Waals surface area contributed by atoms with Gasteiger partial charge in [0.05, 0.1) is 11.1 Å². The Bertz CT molecular complexity index is 921. The molecular weight excluding hydrogens is 360 g/mol. The molecule has 144 valence electrons. The van der Waals surface area contributed by atoms with Gasteiger partial charge in [-0.15, -0.1) is 0 Å². The first-order chi connectivity index (χ1) is 13.5. The molecule has 2 heterocycles. The second-order valence-electron chi connectivity index (χ2n) is 6.85. The van der Waals surface area contributed by atoms with E-state index in [4.69, 9.17) is 9.47 Å². The number of rotatable bonds is 6. The summed E-state index contributed by atoms with van der Waals surface area (Å²) in [5.41, 5.74) is 1.80. The van der Waals surface area contributed by atoms with E-state index in [0.717, 1.165) is 5.56 Å². The molecule has 0 atom stereocenters. The maximum Gasteiger partial charge on any atom is 0.261 e. The van der Waals surface area contributed by atoms with Crippen LogP contribution in [-0.4, -0.2) is 47.9 Å². The Morgan fingerprint density at radius 2 is 1.71 bits per heavy atom. The van der Waals surface area contributed by atoms with E-state index in [-0.39, 0.29) is 37.5 Å². The topological polar surface area (TPSA) is 76.2 Å². The monoisotopic (exact) mass is 380 g/mol. The van der Waals surface area contributed by atoms with Crippen molar-refractivity contribution in [1.29, 1.82) is 0 Å². The van der Waals surface area contributed by atoms with Crippen LogP contribution in [-0.2, 0) is 11.3 Å². The lowest BCUT2D eigenvalue weighted by atomic mass is 10.1. The van der Waals surface area contributed by atoms with Crippen LogP contribution in [0.15, 0.2) is 42.5 Å². The van der Waals surface area contributed by atoms with Crippen molar-refractivity contribution in [2.24, 2.45) is 0 Å². The Kier molecular flexibility index (Phi) is 4.73. The maximum atomic E-state index is 12.4. The smallest absolute Gasteiger partial charge is 0.261 e. The number of carbonyl (C=O) groups excluding carboxylic acids is 3. The highest BCUT2D eigenvalue weighted by molar-refractivity contribution is 6.21. The highest BCUT2D eigenvalue weighted by Crippen LogP contribution is 2.32. The lowest BCUT2D eigenvalue weighted by Crippen LogP contribution is -2.32. The summed E-state index contributed by atoms with van der Waals surface area (Å²) in [5, 5.41) is 0. The first-order valence-electron chi connectivity index (χ1n) is 9.12. The van der Waals surface area contributed by atoms with Crippen LogP contribution in [0.25, 0.3) is 0 Å². The zero-order chi connectivity index (χ0) is 19.7. The van der Waals surface area contributed by atoms with Crippen molar-refractivity contribution in [3.05, 3.63) is 59.2 Å². The molecule has 2 aromatic rings. The second kappa shape index (κ2) is 7.34. The molecule has 0 saturated heterocycles. The number of fused-ring (bicyclic) bond motifs is 2. The van der Waals surface area contributed by atoms with E-state index in [1.54, 1.807) is 36.2 Å². The van der Waals surface area contributed by atoms with E-state index in [1.807, 2.05) is 18.2 Å². The number of ether oxygens (including phenoxy) is 2. The summed E-state index contributed by atoms with van der Waals surface area (Å²) in [5.74, 6) is 0.764. The van der Waals surface area contributed by atoms with Gasteiger partial charge in [0.15, 0.2) is 11.5 Å². The first-order valence-corrected chi connectivity index (χ1v) is 9.12. The van der Waals surface area contributed by atoms with E-state index in [2.05, 4.69) is 0 Å². The molecule has 28 heavy (non-hydrogen) atoms. The summed E-state index contributed by atoms with van der Waals surface area (Å²) in [4.78, 5) is 39.9. The van der Waals surface area contributed by atoms with Gasteiger partial charge in [-0.05, 0) is 36.2 Å². The molecule has 0 N–H and O–H groups in total. The molecular formula is C21H20N2O5. The molecule has 4 rings (SSSR count). The fourth-order valence-electron chi connectivity index (χ4n) is 3.42. The lowest BCUT2D eigenvalue weighted by Gasteiger charge is -2.19. The average molecular weight is 380 g/mol. The predicted octanol–water partition coefficient (Wildman–Crippen LogP) is 2.45. The number of nitrogens with zero attached hydrogens (tertiary/aromatic N) is 2. The van der Waals surface area contributed by atoms with Crippen molar-refractivity contribution in [2.45, 2.75) is 19.4 Å². The molecule has 0 radical (unpaired) electrons. The Balaban J connectivity index is 1.29. The fraction of sp³-hybridized carbons (Fsp3) is 0.286. The van der Waals surface area contributed by atoms with Gasteiger partial charge in [0.25, 0.3) is 11.8 Å². The van der Waals surface area contributed by atoms with Gasteiger partial charge in [-0.25, -0.2) is 0 Å². The summed E-state index contributed by atoms with van der Waals surface area (Å²) in [6, 6.07) is 12.4. The third kappa shape index (κ3) is 3.31. The van der Waals surface area contributed by atoms with Crippen LogP contribution in [0.5, 0.6) is 11.5 Å². The van der Waals surface area contributed by atoms with Crippen LogP contribution in [0, 0.1) is 0 Å². The molecule has 0 fully saturated rings. The Morgan fingerprint density at radius 3 is 2.43 bits per heavy atom. The molecule has 0 spiro atoms. The molecule has 2 aliphatic heterocycles. The van der Waals surface area contributed by atoms with Gasteiger partial charge in [-0.3, -0.25) is 19.3 Å². The van der Waals surface area contributed by atoms with E-state index < -0.39 is 0 Å².